The third-order valence-corrected chi connectivity index (χ3v) is 5.52. The van der Waals surface area contributed by atoms with Crippen LogP contribution in [0.15, 0.2) is 48.0 Å². The molecule has 0 radical (unpaired) electrons. The van der Waals surface area contributed by atoms with Gasteiger partial charge in [-0.05, 0) is 59.9 Å². The fraction of sp³-hybridized carbons (Fsp3) is 0.423. The summed E-state index contributed by atoms with van der Waals surface area (Å²) in [7, 11) is 1.68. The fourth-order valence-corrected chi connectivity index (χ4v) is 3.69. The average Bonchev–Trinajstić information content (AvgIpc) is 2.99. The lowest BCUT2D eigenvalue weighted by atomic mass is 10.00. The van der Waals surface area contributed by atoms with E-state index in [-0.39, 0.29) is 0 Å². The maximum Gasteiger partial charge on any atom is 0.331 e. The second-order valence-corrected chi connectivity index (χ2v) is 7.82. The first-order chi connectivity index (χ1) is 15.6. The molecule has 0 saturated heterocycles. The van der Waals surface area contributed by atoms with Crippen molar-refractivity contribution in [1.82, 2.24) is 0 Å². The number of carboxylic acids is 1. The zero-order chi connectivity index (χ0) is 22.8. The number of carboxylic acid groups (broad SMARTS) is 1. The quantitative estimate of drug-likeness (QED) is 0.476. The second kappa shape index (κ2) is 12.3. The fourth-order valence-electron chi connectivity index (χ4n) is 3.69. The predicted octanol–water partition coefficient (Wildman–Crippen LogP) is 4.87. The van der Waals surface area contributed by atoms with Gasteiger partial charge in [0, 0.05) is 38.1 Å². The van der Waals surface area contributed by atoms with Crippen LogP contribution in [0.25, 0.3) is 17.2 Å². The van der Waals surface area contributed by atoms with Crippen molar-refractivity contribution in [3.8, 4) is 16.9 Å². The van der Waals surface area contributed by atoms with E-state index in [9.17, 15) is 9.90 Å². The van der Waals surface area contributed by atoms with Crippen molar-refractivity contribution in [3.63, 3.8) is 0 Å². The van der Waals surface area contributed by atoms with Crippen LogP contribution in [0.2, 0.25) is 0 Å². The number of hydrogen-bond acceptors (Lipinski definition) is 5. The van der Waals surface area contributed by atoms with Crippen LogP contribution in [0.3, 0.4) is 0 Å². The number of rotatable bonds is 12. The molecule has 1 aliphatic heterocycles. The highest BCUT2D eigenvalue weighted by molar-refractivity contribution is 5.94. The molecule has 0 aliphatic carbocycles. The highest BCUT2D eigenvalue weighted by Crippen LogP contribution is 2.33. The summed E-state index contributed by atoms with van der Waals surface area (Å²) < 4.78 is 16.5. The summed E-state index contributed by atoms with van der Waals surface area (Å²) in [5.74, 6) is -0.0588. The molecule has 0 atom stereocenters. The predicted molar refractivity (Wildman–Crippen MR) is 127 cm³/mol. The minimum atomic E-state index is -0.866. The molecule has 1 heterocycles. The summed E-state index contributed by atoms with van der Waals surface area (Å²) in [5, 5.41) is 9.56. The Morgan fingerprint density at radius 2 is 1.81 bits per heavy atom. The number of ether oxygens (including phenoxy) is 3. The van der Waals surface area contributed by atoms with Gasteiger partial charge in [0.15, 0.2) is 0 Å². The molecule has 0 unspecified atom stereocenters. The molecule has 0 spiro atoms. The molecule has 1 aliphatic rings. The maximum absolute atomic E-state index is 11.7. The lowest BCUT2D eigenvalue weighted by Gasteiger charge is -2.25. The van der Waals surface area contributed by atoms with Crippen LogP contribution in [-0.2, 0) is 14.3 Å². The first-order valence-corrected chi connectivity index (χ1v) is 11.2. The molecule has 1 N–H and O–H groups in total. The molecular weight excluding hydrogens is 406 g/mol. The minimum Gasteiger partial charge on any atom is -0.491 e. The van der Waals surface area contributed by atoms with Gasteiger partial charge < -0.3 is 24.2 Å². The summed E-state index contributed by atoms with van der Waals surface area (Å²) in [6, 6.07) is 14.2. The van der Waals surface area contributed by atoms with Crippen molar-refractivity contribution in [2.75, 3.05) is 51.5 Å². The Morgan fingerprint density at radius 3 is 2.53 bits per heavy atom. The van der Waals surface area contributed by atoms with Crippen molar-refractivity contribution in [2.24, 2.45) is 0 Å². The number of anilines is 1. The van der Waals surface area contributed by atoms with Gasteiger partial charge in [0.2, 0.25) is 0 Å². The van der Waals surface area contributed by atoms with E-state index < -0.39 is 5.97 Å². The third kappa shape index (κ3) is 6.58. The van der Waals surface area contributed by atoms with Gasteiger partial charge in [0.1, 0.15) is 12.4 Å². The molecule has 0 fully saturated rings. The van der Waals surface area contributed by atoms with E-state index in [1.54, 1.807) is 13.2 Å². The van der Waals surface area contributed by atoms with Gasteiger partial charge in [-0.15, -0.1) is 0 Å². The topological polar surface area (TPSA) is 68.2 Å². The molecule has 2 aromatic carbocycles. The highest BCUT2D eigenvalue weighted by Gasteiger charge is 2.19. The van der Waals surface area contributed by atoms with E-state index in [1.165, 1.54) is 0 Å². The smallest absolute Gasteiger partial charge is 0.331 e. The SMILES string of the molecule is CCCCOCCOc1ccc(-c2ccc3c(c2)C=C(C(=O)O)CCN3CCOC)cc1. The van der Waals surface area contributed by atoms with Crippen LogP contribution in [0, 0.1) is 0 Å². The molecule has 6 heteroatoms. The van der Waals surface area contributed by atoms with Crippen molar-refractivity contribution < 1.29 is 24.1 Å². The van der Waals surface area contributed by atoms with E-state index >= 15 is 0 Å². The number of benzene rings is 2. The first kappa shape index (κ1) is 23.8. The van der Waals surface area contributed by atoms with Crippen LogP contribution in [0.5, 0.6) is 5.75 Å². The van der Waals surface area contributed by atoms with Gasteiger partial charge >= 0.3 is 5.97 Å². The van der Waals surface area contributed by atoms with E-state index in [4.69, 9.17) is 14.2 Å². The van der Waals surface area contributed by atoms with Gasteiger partial charge in [-0.2, -0.15) is 0 Å². The van der Waals surface area contributed by atoms with E-state index in [2.05, 4.69) is 30.0 Å². The normalized spacial score (nSPS) is 13.3. The molecule has 3 rings (SSSR count). The van der Waals surface area contributed by atoms with E-state index in [0.717, 1.165) is 54.1 Å². The lowest BCUT2D eigenvalue weighted by molar-refractivity contribution is -0.132. The van der Waals surface area contributed by atoms with E-state index in [0.29, 0.717) is 38.4 Å². The van der Waals surface area contributed by atoms with Crippen LogP contribution < -0.4 is 9.64 Å². The number of fused-ring (bicyclic) bond motifs is 1. The Bertz CT molecular complexity index is 907. The average molecular weight is 440 g/mol. The molecule has 0 aromatic heterocycles. The van der Waals surface area contributed by atoms with Crippen LogP contribution in [0.4, 0.5) is 5.69 Å². The summed E-state index contributed by atoms with van der Waals surface area (Å²) in [5.41, 5.74) is 4.46. The Balaban J connectivity index is 1.73. The Hall–Kier alpha value is -2.83. The lowest BCUT2D eigenvalue weighted by Crippen LogP contribution is -2.28. The third-order valence-electron chi connectivity index (χ3n) is 5.52. The molecule has 0 amide bonds. The molecular formula is C26H33NO5. The molecule has 2 aromatic rings. The number of unbranched alkanes of at least 4 members (excludes halogenated alkanes) is 1. The van der Waals surface area contributed by atoms with Gasteiger partial charge in [-0.1, -0.05) is 31.5 Å². The molecule has 6 nitrogen and oxygen atoms in total. The Morgan fingerprint density at radius 1 is 1.03 bits per heavy atom. The monoisotopic (exact) mass is 439 g/mol. The zero-order valence-electron chi connectivity index (χ0n) is 19.0. The number of methoxy groups -OCH3 is 1. The molecule has 0 bridgehead atoms. The zero-order valence-corrected chi connectivity index (χ0v) is 19.0. The summed E-state index contributed by atoms with van der Waals surface area (Å²) in [4.78, 5) is 13.8. The number of aliphatic carboxylic acids is 1. The van der Waals surface area contributed by atoms with Crippen molar-refractivity contribution >= 4 is 17.7 Å². The Kier molecular flexibility index (Phi) is 9.13. The van der Waals surface area contributed by atoms with Gasteiger partial charge in [-0.25, -0.2) is 4.79 Å². The van der Waals surface area contributed by atoms with Crippen LogP contribution in [-0.4, -0.2) is 57.7 Å². The standard InChI is InChI=1S/C26H33NO5/c1-3-4-14-31-16-17-32-24-8-5-20(6-9-24)21-7-10-25-23(18-21)19-22(26(28)29)11-12-27(25)13-15-30-2/h5-10,18-19H,3-4,11-17H2,1-2H3,(H,28,29). The number of nitrogens with zero attached hydrogens (tertiary/aromatic N) is 1. The van der Waals surface area contributed by atoms with Crippen molar-refractivity contribution in [1.29, 1.82) is 0 Å². The maximum atomic E-state index is 11.7. The van der Waals surface area contributed by atoms with Crippen molar-refractivity contribution in [3.05, 3.63) is 53.6 Å². The van der Waals surface area contributed by atoms with Gasteiger partial charge in [-0.3, -0.25) is 0 Å². The van der Waals surface area contributed by atoms with Crippen LogP contribution >= 0.6 is 0 Å². The van der Waals surface area contributed by atoms with Gasteiger partial charge in [0.25, 0.3) is 0 Å². The highest BCUT2D eigenvalue weighted by atomic mass is 16.5. The largest absolute Gasteiger partial charge is 0.491 e. The summed E-state index contributed by atoms with van der Waals surface area (Å²) in [6.07, 6.45) is 4.49. The first-order valence-electron chi connectivity index (χ1n) is 11.2. The molecule has 172 valence electrons. The van der Waals surface area contributed by atoms with Crippen LogP contribution in [0.1, 0.15) is 31.7 Å². The molecule has 0 saturated carbocycles. The van der Waals surface area contributed by atoms with Crippen molar-refractivity contribution in [2.45, 2.75) is 26.2 Å². The second-order valence-electron chi connectivity index (χ2n) is 7.82. The van der Waals surface area contributed by atoms with Gasteiger partial charge in [0.05, 0.1) is 13.2 Å². The van der Waals surface area contributed by atoms with E-state index in [1.807, 2.05) is 24.3 Å². The number of carbonyl (C=O) groups is 1. The summed E-state index contributed by atoms with van der Waals surface area (Å²) >= 11 is 0. The minimum absolute atomic E-state index is 0.424. The summed E-state index contributed by atoms with van der Waals surface area (Å²) in [6.45, 7) is 6.00. The Labute approximate surface area is 190 Å². The molecule has 32 heavy (non-hydrogen) atoms. The number of hydrogen-bond donors (Lipinski definition) is 1.